The fraction of sp³-hybridized carbons (Fsp3) is 0.375. The van der Waals surface area contributed by atoms with Crippen molar-refractivity contribution in [1.82, 2.24) is 8.87 Å². The summed E-state index contributed by atoms with van der Waals surface area (Å²) in [4.78, 5) is 31.5. The molecule has 0 spiro atoms. The molecule has 0 aliphatic carbocycles. The van der Waals surface area contributed by atoms with Gasteiger partial charge >= 0.3 is 5.97 Å². The molecule has 1 aliphatic heterocycles. The van der Waals surface area contributed by atoms with Gasteiger partial charge in [0.2, 0.25) is 10.0 Å². The highest BCUT2D eigenvalue weighted by molar-refractivity contribution is 7.98. The second-order valence-corrected chi connectivity index (χ2v) is 11.9. The van der Waals surface area contributed by atoms with Crippen LogP contribution in [-0.2, 0) is 30.9 Å². The molecule has 4 rings (SSSR count). The Kier molecular flexibility index (Phi) is 7.80. The van der Waals surface area contributed by atoms with Crippen molar-refractivity contribution in [2.24, 2.45) is 4.99 Å². The Morgan fingerprint density at radius 3 is 2.63 bits per heavy atom. The van der Waals surface area contributed by atoms with E-state index in [1.807, 2.05) is 31.4 Å². The molecular weight excluding hydrogens is 506 g/mol. The van der Waals surface area contributed by atoms with E-state index in [0.717, 1.165) is 20.7 Å². The molecule has 0 bridgehead atoms. The Labute approximate surface area is 212 Å². The van der Waals surface area contributed by atoms with Gasteiger partial charge in [-0.1, -0.05) is 29.0 Å². The average molecular weight is 534 g/mol. The molecular formula is C24H27N3O5S3. The zero-order chi connectivity index (χ0) is 25.2. The van der Waals surface area contributed by atoms with Gasteiger partial charge in [-0.2, -0.15) is 9.30 Å². The van der Waals surface area contributed by atoms with Crippen molar-refractivity contribution in [1.29, 1.82) is 0 Å². The number of rotatable bonds is 7. The number of fused-ring (bicyclic) bond motifs is 1. The van der Waals surface area contributed by atoms with Crippen LogP contribution in [0.15, 0.2) is 57.2 Å². The fourth-order valence-electron chi connectivity index (χ4n) is 4.04. The number of ether oxygens (including phenoxy) is 1. The standard InChI is InChI=1S/C24H27N3O5S3/c1-4-32-22(28)15-26-19-12-9-17(33-3)14-21(19)34-24(26)25-23(29)20-6-5-13-27(20)35(30,31)18-10-7-16(2)8-11-18/h7-12,14,20H,4-6,13,15H2,1-3H3. The van der Waals surface area contributed by atoms with Crippen LogP contribution in [0.3, 0.4) is 0 Å². The number of sulfonamides is 1. The molecule has 1 unspecified atom stereocenters. The van der Waals surface area contributed by atoms with Crippen molar-refractivity contribution >= 4 is 55.2 Å². The minimum Gasteiger partial charge on any atom is -0.465 e. The van der Waals surface area contributed by atoms with Gasteiger partial charge in [-0.05, 0) is 63.3 Å². The van der Waals surface area contributed by atoms with Gasteiger partial charge in [0, 0.05) is 11.4 Å². The zero-order valence-corrected chi connectivity index (χ0v) is 22.2. The highest BCUT2D eigenvalue weighted by Crippen LogP contribution is 2.28. The van der Waals surface area contributed by atoms with Crippen LogP contribution in [0.4, 0.5) is 0 Å². The number of benzene rings is 2. The number of aromatic nitrogens is 1. The van der Waals surface area contributed by atoms with Crippen LogP contribution in [0, 0.1) is 6.92 Å². The Bertz CT molecular complexity index is 1420. The summed E-state index contributed by atoms with van der Waals surface area (Å²) < 4.78 is 35.5. The van der Waals surface area contributed by atoms with Crippen molar-refractivity contribution in [3.05, 3.63) is 52.8 Å². The lowest BCUT2D eigenvalue weighted by Gasteiger charge is -2.21. The molecule has 1 saturated heterocycles. The molecule has 1 aliphatic rings. The summed E-state index contributed by atoms with van der Waals surface area (Å²) in [7, 11) is -3.84. The summed E-state index contributed by atoms with van der Waals surface area (Å²) in [6.45, 7) is 4.04. The first-order valence-corrected chi connectivity index (χ1v) is 14.7. The maximum Gasteiger partial charge on any atom is 0.326 e. The molecule has 1 fully saturated rings. The van der Waals surface area contributed by atoms with Crippen molar-refractivity contribution in [3.8, 4) is 0 Å². The third-order valence-electron chi connectivity index (χ3n) is 5.80. The number of esters is 1. The van der Waals surface area contributed by atoms with E-state index in [9.17, 15) is 18.0 Å². The van der Waals surface area contributed by atoms with Gasteiger partial charge < -0.3 is 9.30 Å². The lowest BCUT2D eigenvalue weighted by atomic mass is 10.2. The Morgan fingerprint density at radius 2 is 1.94 bits per heavy atom. The Hall–Kier alpha value is -2.47. The van der Waals surface area contributed by atoms with Gasteiger partial charge in [0.1, 0.15) is 12.6 Å². The normalized spacial score (nSPS) is 17.2. The van der Waals surface area contributed by atoms with Gasteiger partial charge in [-0.15, -0.1) is 11.8 Å². The third-order valence-corrected chi connectivity index (χ3v) is 9.49. The van der Waals surface area contributed by atoms with E-state index in [1.165, 1.54) is 15.6 Å². The first-order valence-electron chi connectivity index (χ1n) is 11.2. The smallest absolute Gasteiger partial charge is 0.326 e. The number of hydrogen-bond acceptors (Lipinski definition) is 7. The molecule has 0 radical (unpaired) electrons. The quantitative estimate of drug-likeness (QED) is 0.340. The number of aryl methyl sites for hydroxylation is 1. The van der Waals surface area contributed by atoms with E-state index in [2.05, 4.69) is 4.99 Å². The van der Waals surface area contributed by atoms with E-state index in [1.54, 1.807) is 47.5 Å². The van der Waals surface area contributed by atoms with Crippen LogP contribution in [0.5, 0.6) is 0 Å². The first-order chi connectivity index (χ1) is 16.7. The van der Waals surface area contributed by atoms with E-state index < -0.39 is 27.9 Å². The SMILES string of the molecule is CCOC(=O)Cn1c(=NC(=O)C2CCCN2S(=O)(=O)c2ccc(C)cc2)sc2cc(SC)ccc21. The molecule has 2 heterocycles. The third kappa shape index (κ3) is 5.37. The van der Waals surface area contributed by atoms with E-state index in [-0.39, 0.29) is 24.6 Å². The summed E-state index contributed by atoms with van der Waals surface area (Å²) >= 11 is 2.89. The van der Waals surface area contributed by atoms with Crippen molar-refractivity contribution < 1.29 is 22.7 Å². The number of thiazole rings is 1. The predicted molar refractivity (Wildman–Crippen MR) is 137 cm³/mol. The number of carbonyl (C=O) groups excluding carboxylic acids is 2. The molecule has 11 heteroatoms. The maximum atomic E-state index is 13.3. The zero-order valence-electron chi connectivity index (χ0n) is 19.8. The van der Waals surface area contributed by atoms with Crippen LogP contribution in [0.1, 0.15) is 25.3 Å². The molecule has 3 aromatic rings. The van der Waals surface area contributed by atoms with E-state index in [0.29, 0.717) is 17.6 Å². The van der Waals surface area contributed by atoms with Gasteiger partial charge in [-0.25, -0.2) is 8.42 Å². The van der Waals surface area contributed by atoms with Gasteiger partial charge in [0.25, 0.3) is 5.91 Å². The number of amides is 1. The van der Waals surface area contributed by atoms with Crippen molar-refractivity contribution in [2.75, 3.05) is 19.4 Å². The summed E-state index contributed by atoms with van der Waals surface area (Å²) in [5.41, 5.74) is 1.72. The van der Waals surface area contributed by atoms with Crippen LogP contribution < -0.4 is 4.80 Å². The number of carbonyl (C=O) groups is 2. The largest absolute Gasteiger partial charge is 0.465 e. The molecule has 8 nitrogen and oxygen atoms in total. The maximum absolute atomic E-state index is 13.3. The minimum absolute atomic E-state index is 0.0887. The summed E-state index contributed by atoms with van der Waals surface area (Å²) in [5.74, 6) is -0.966. The average Bonchev–Trinajstić information content (AvgIpc) is 3.45. The van der Waals surface area contributed by atoms with Crippen LogP contribution in [-0.4, -0.2) is 54.6 Å². The van der Waals surface area contributed by atoms with E-state index >= 15 is 0 Å². The van der Waals surface area contributed by atoms with Crippen LogP contribution >= 0.6 is 23.1 Å². The van der Waals surface area contributed by atoms with Crippen molar-refractivity contribution in [2.45, 2.75) is 49.1 Å². The van der Waals surface area contributed by atoms with Crippen molar-refractivity contribution in [3.63, 3.8) is 0 Å². The first kappa shape index (κ1) is 25.6. The second kappa shape index (κ2) is 10.7. The summed E-state index contributed by atoms with van der Waals surface area (Å²) in [6.07, 6.45) is 2.94. The van der Waals surface area contributed by atoms with Gasteiger partial charge in [-0.3, -0.25) is 9.59 Å². The molecule has 0 saturated carbocycles. The Morgan fingerprint density at radius 1 is 1.20 bits per heavy atom. The summed E-state index contributed by atoms with van der Waals surface area (Å²) in [5, 5.41) is 0. The summed E-state index contributed by atoms with van der Waals surface area (Å²) in [6, 6.07) is 11.5. The molecule has 186 valence electrons. The monoisotopic (exact) mass is 533 g/mol. The van der Waals surface area contributed by atoms with Crippen LogP contribution in [0.2, 0.25) is 0 Å². The second-order valence-electron chi connectivity index (χ2n) is 8.15. The molecule has 1 aromatic heterocycles. The Balaban J connectivity index is 1.73. The lowest BCUT2D eigenvalue weighted by Crippen LogP contribution is -2.40. The van der Waals surface area contributed by atoms with Crippen LogP contribution in [0.25, 0.3) is 10.2 Å². The lowest BCUT2D eigenvalue weighted by molar-refractivity contribution is -0.143. The molecule has 2 aromatic carbocycles. The van der Waals surface area contributed by atoms with E-state index in [4.69, 9.17) is 4.74 Å². The van der Waals surface area contributed by atoms with Gasteiger partial charge in [0.05, 0.1) is 21.7 Å². The highest BCUT2D eigenvalue weighted by atomic mass is 32.2. The minimum atomic E-state index is -3.84. The predicted octanol–water partition coefficient (Wildman–Crippen LogP) is 3.58. The fourth-order valence-corrected chi connectivity index (χ4v) is 7.28. The highest BCUT2D eigenvalue weighted by Gasteiger charge is 2.39. The number of thioether (sulfide) groups is 1. The molecule has 0 N–H and O–H groups in total. The molecule has 1 atom stereocenters. The number of hydrogen-bond donors (Lipinski definition) is 0. The molecule has 1 amide bonds. The number of nitrogens with zero attached hydrogens (tertiary/aromatic N) is 3. The topological polar surface area (TPSA) is 98.0 Å². The molecule has 35 heavy (non-hydrogen) atoms. The van der Waals surface area contributed by atoms with Gasteiger partial charge in [0.15, 0.2) is 4.80 Å².